The first-order valence-electron chi connectivity index (χ1n) is 10.5. The number of hydrogen-bond donors (Lipinski definition) is 0. The standard InChI is InChI=1S/C21H22N4.2C2H6/c1-14-23-20(21(25(14)4)15-9-11-24(3)12-10-15)17-5-7-18-16(13-17)6-8-19(18)22-2;2*1-2/h5,7,9-13H,2,6,8H2,1,3-4H3;2*1-2H3/b20-17+;;. The van der Waals surface area contributed by atoms with E-state index in [1.807, 2.05) is 39.6 Å². The molecule has 0 unspecified atom stereocenters. The Bertz CT molecular complexity index is 1130. The highest BCUT2D eigenvalue weighted by molar-refractivity contribution is 5.67. The Labute approximate surface area is 174 Å². The van der Waals surface area contributed by atoms with Gasteiger partial charge < -0.3 is 9.47 Å². The van der Waals surface area contributed by atoms with Crippen LogP contribution in [-0.4, -0.2) is 28.2 Å². The maximum absolute atomic E-state index is 4.86. The third-order valence-corrected chi connectivity index (χ3v) is 5.08. The Kier molecular flexibility index (Phi) is 7.77. The Balaban J connectivity index is 0.000000707. The molecule has 0 N–H and O–H groups in total. The molecule has 4 rings (SSSR count). The lowest BCUT2D eigenvalue weighted by Gasteiger charge is -2.12. The summed E-state index contributed by atoms with van der Waals surface area (Å²) in [7, 11) is 4.11. The first-order chi connectivity index (χ1) is 14.1. The number of hydrogen-bond acceptors (Lipinski definition) is 3. The fraction of sp³-hybridized carbons (Fsp3) is 0.360. The largest absolute Gasteiger partial charge is 0.357 e. The summed E-state index contributed by atoms with van der Waals surface area (Å²) in [6.07, 6.45) is 10.4. The Morgan fingerprint density at radius 2 is 1.66 bits per heavy atom. The molecule has 1 aromatic heterocycles. The molecule has 0 radical (unpaired) electrons. The van der Waals surface area contributed by atoms with E-state index in [0.717, 1.165) is 40.3 Å². The third-order valence-electron chi connectivity index (χ3n) is 5.08. The van der Waals surface area contributed by atoms with Gasteiger partial charge >= 0.3 is 0 Å². The van der Waals surface area contributed by atoms with Gasteiger partial charge in [-0.05, 0) is 55.5 Å². The van der Waals surface area contributed by atoms with E-state index in [-0.39, 0.29) is 0 Å². The van der Waals surface area contributed by atoms with Crippen molar-refractivity contribution in [1.29, 1.82) is 0 Å². The molecule has 0 saturated heterocycles. The summed E-state index contributed by atoms with van der Waals surface area (Å²) in [5.74, 6) is 1.01. The summed E-state index contributed by atoms with van der Waals surface area (Å²) in [6, 6.07) is 6.59. The van der Waals surface area contributed by atoms with Gasteiger partial charge in [0.15, 0.2) is 0 Å². The summed E-state index contributed by atoms with van der Waals surface area (Å²) in [5, 5.41) is 4.59. The predicted octanol–water partition coefficient (Wildman–Crippen LogP) is 3.95. The molecular formula is C25H34N4. The zero-order valence-electron chi connectivity index (χ0n) is 19.0. The minimum absolute atomic E-state index is 0.978. The maximum Gasteiger partial charge on any atom is 0.106 e. The van der Waals surface area contributed by atoms with Crippen LogP contribution >= 0.6 is 0 Å². The smallest absolute Gasteiger partial charge is 0.106 e. The molecule has 0 amide bonds. The van der Waals surface area contributed by atoms with Gasteiger partial charge in [0, 0.05) is 43.0 Å². The SMILES string of the molecule is C=NC1=c2cc/c(=c3\nc(C)n(C)c3=C3C=CN(C)C=C3)cc2CC1.CC.CC. The zero-order valence-corrected chi connectivity index (χ0v) is 19.0. The topological polar surface area (TPSA) is 33.4 Å². The summed E-state index contributed by atoms with van der Waals surface area (Å²) < 4.78 is 2.17. The molecule has 154 valence electrons. The van der Waals surface area contributed by atoms with Crippen molar-refractivity contribution in [3.63, 3.8) is 0 Å². The molecule has 1 aliphatic carbocycles. The fourth-order valence-electron chi connectivity index (χ4n) is 3.58. The number of fused-ring (bicyclic) bond motifs is 1. The van der Waals surface area contributed by atoms with Crippen LogP contribution in [-0.2, 0) is 13.5 Å². The van der Waals surface area contributed by atoms with Crippen LogP contribution in [0.25, 0.3) is 11.3 Å². The van der Waals surface area contributed by atoms with Crippen molar-refractivity contribution >= 4 is 18.0 Å². The average Bonchev–Trinajstić information content (AvgIpc) is 3.32. The molecular weight excluding hydrogens is 356 g/mol. The van der Waals surface area contributed by atoms with Crippen LogP contribution in [0.1, 0.15) is 45.5 Å². The van der Waals surface area contributed by atoms with Gasteiger partial charge in [-0.25, -0.2) is 4.98 Å². The van der Waals surface area contributed by atoms with E-state index in [4.69, 9.17) is 4.98 Å². The predicted molar refractivity (Wildman–Crippen MR) is 125 cm³/mol. The highest BCUT2D eigenvalue weighted by atomic mass is 15.1. The summed E-state index contributed by atoms with van der Waals surface area (Å²) in [5.41, 5.74) is 3.62. The van der Waals surface area contributed by atoms with E-state index < -0.39 is 0 Å². The van der Waals surface area contributed by atoms with Crippen LogP contribution in [0.4, 0.5) is 0 Å². The van der Waals surface area contributed by atoms with Gasteiger partial charge in [-0.1, -0.05) is 39.8 Å². The molecule has 1 aliphatic heterocycles. The Morgan fingerprint density at radius 1 is 1.00 bits per heavy atom. The molecule has 0 fully saturated rings. The first-order valence-corrected chi connectivity index (χ1v) is 10.5. The molecule has 0 spiro atoms. The van der Waals surface area contributed by atoms with Crippen molar-refractivity contribution < 1.29 is 0 Å². The van der Waals surface area contributed by atoms with Crippen LogP contribution < -0.4 is 10.6 Å². The van der Waals surface area contributed by atoms with Gasteiger partial charge in [-0.3, -0.25) is 4.99 Å². The lowest BCUT2D eigenvalue weighted by Crippen LogP contribution is -2.19. The number of aliphatic imine (C=N–C) groups is 1. The Hall–Kier alpha value is -2.88. The van der Waals surface area contributed by atoms with Crippen LogP contribution in [0, 0.1) is 17.5 Å². The average molecular weight is 391 g/mol. The van der Waals surface area contributed by atoms with Gasteiger partial charge in [0.1, 0.15) is 5.82 Å². The van der Waals surface area contributed by atoms with Gasteiger partial charge in [0.05, 0.1) is 10.7 Å². The van der Waals surface area contributed by atoms with Crippen LogP contribution in [0.3, 0.4) is 0 Å². The zero-order chi connectivity index (χ0) is 21.6. The number of imidazole rings is 1. The Morgan fingerprint density at radius 3 is 2.28 bits per heavy atom. The first kappa shape index (κ1) is 22.4. The molecule has 4 nitrogen and oxygen atoms in total. The molecule has 2 aliphatic rings. The lowest BCUT2D eigenvalue weighted by molar-refractivity contribution is 0.622. The quantitative estimate of drug-likeness (QED) is 0.691. The summed E-state index contributed by atoms with van der Waals surface area (Å²) in [6.45, 7) is 13.7. The number of benzene rings is 1. The highest BCUT2D eigenvalue weighted by Gasteiger charge is 2.11. The van der Waals surface area contributed by atoms with Crippen molar-refractivity contribution in [2.45, 2.75) is 47.5 Å². The van der Waals surface area contributed by atoms with Crippen LogP contribution in [0.5, 0.6) is 0 Å². The van der Waals surface area contributed by atoms with Crippen LogP contribution in [0.2, 0.25) is 0 Å². The van der Waals surface area contributed by atoms with Crippen molar-refractivity contribution in [2.24, 2.45) is 12.0 Å². The van der Waals surface area contributed by atoms with Crippen LogP contribution in [0.15, 0.2) is 47.7 Å². The normalized spacial score (nSPS) is 15.3. The third kappa shape index (κ3) is 4.42. The van der Waals surface area contributed by atoms with Crippen molar-refractivity contribution in [3.8, 4) is 0 Å². The second kappa shape index (κ2) is 10.1. The van der Waals surface area contributed by atoms with Gasteiger partial charge in [0.2, 0.25) is 0 Å². The van der Waals surface area contributed by atoms with E-state index in [9.17, 15) is 0 Å². The molecule has 2 heterocycles. The maximum atomic E-state index is 4.86. The number of nitrogens with zero attached hydrogens (tertiary/aromatic N) is 4. The number of aromatic nitrogens is 2. The second-order valence-electron chi connectivity index (χ2n) is 6.64. The molecule has 29 heavy (non-hydrogen) atoms. The number of aryl methyl sites for hydroxylation is 2. The molecule has 1 aromatic carbocycles. The second-order valence-corrected chi connectivity index (χ2v) is 6.64. The molecule has 2 aromatic rings. The molecule has 0 bridgehead atoms. The van der Waals surface area contributed by atoms with Crippen molar-refractivity contribution in [2.75, 3.05) is 7.05 Å². The summed E-state index contributed by atoms with van der Waals surface area (Å²) >= 11 is 0. The number of allylic oxidation sites excluding steroid dienone is 2. The lowest BCUT2D eigenvalue weighted by atomic mass is 10.1. The van der Waals surface area contributed by atoms with E-state index in [0.29, 0.717) is 0 Å². The van der Waals surface area contributed by atoms with E-state index >= 15 is 0 Å². The van der Waals surface area contributed by atoms with Gasteiger partial charge in [-0.2, -0.15) is 0 Å². The molecule has 0 saturated carbocycles. The van der Waals surface area contributed by atoms with Crippen molar-refractivity contribution in [3.05, 3.63) is 75.3 Å². The minimum atomic E-state index is 0.978. The minimum Gasteiger partial charge on any atom is -0.357 e. The van der Waals surface area contributed by atoms with E-state index in [2.05, 4.69) is 73.0 Å². The monoisotopic (exact) mass is 390 g/mol. The number of rotatable bonds is 1. The summed E-state index contributed by atoms with van der Waals surface area (Å²) in [4.78, 5) is 11.1. The molecule has 0 atom stereocenters. The highest BCUT2D eigenvalue weighted by Crippen LogP contribution is 2.15. The van der Waals surface area contributed by atoms with E-state index in [1.165, 1.54) is 16.4 Å². The van der Waals surface area contributed by atoms with Crippen molar-refractivity contribution in [1.82, 2.24) is 14.5 Å². The van der Waals surface area contributed by atoms with Gasteiger partial charge in [-0.15, -0.1) is 0 Å². The molecule has 4 heteroatoms. The van der Waals surface area contributed by atoms with Gasteiger partial charge in [0.25, 0.3) is 0 Å². The fourth-order valence-corrected chi connectivity index (χ4v) is 3.58. The van der Waals surface area contributed by atoms with E-state index in [1.54, 1.807) is 0 Å².